The summed E-state index contributed by atoms with van der Waals surface area (Å²) in [4.78, 5) is 16.6. The number of tetrazole rings is 1. The summed E-state index contributed by atoms with van der Waals surface area (Å²) in [6, 6.07) is 3.65. The minimum atomic E-state index is 0.146. The molecule has 24 heavy (non-hydrogen) atoms. The highest BCUT2D eigenvalue weighted by Gasteiger charge is 2.20. The quantitative estimate of drug-likeness (QED) is 0.808. The molecule has 0 bridgehead atoms. The Bertz CT molecular complexity index is 685. The SMILES string of the molecule is Cc1nnnn1CCC(=O)N1CCCN(Cc2ccc(Cl)o2)CC1. The fourth-order valence-electron chi connectivity index (χ4n) is 2.85. The van der Waals surface area contributed by atoms with Crippen LogP contribution in [-0.2, 0) is 17.9 Å². The summed E-state index contributed by atoms with van der Waals surface area (Å²) in [6.45, 7) is 6.34. The number of rotatable bonds is 5. The number of carbonyl (C=O) groups is 1. The highest BCUT2D eigenvalue weighted by molar-refractivity contribution is 6.28. The third-order valence-corrected chi connectivity index (χ3v) is 4.40. The fraction of sp³-hybridized carbons (Fsp3) is 0.600. The van der Waals surface area contributed by atoms with Gasteiger partial charge in [0.25, 0.3) is 0 Å². The summed E-state index contributed by atoms with van der Waals surface area (Å²) in [5.74, 6) is 1.73. The molecular formula is C15H21ClN6O2. The van der Waals surface area contributed by atoms with Gasteiger partial charge in [-0.15, -0.1) is 5.10 Å². The van der Waals surface area contributed by atoms with Crippen LogP contribution < -0.4 is 0 Å². The molecule has 2 aromatic heterocycles. The number of aromatic nitrogens is 4. The largest absolute Gasteiger partial charge is 0.448 e. The topological polar surface area (TPSA) is 80.3 Å². The molecule has 0 spiro atoms. The molecule has 1 fully saturated rings. The molecule has 0 atom stereocenters. The van der Waals surface area contributed by atoms with E-state index in [4.69, 9.17) is 16.0 Å². The van der Waals surface area contributed by atoms with Gasteiger partial charge >= 0.3 is 0 Å². The average Bonchev–Trinajstić information content (AvgIpc) is 3.07. The van der Waals surface area contributed by atoms with Crippen molar-refractivity contribution in [2.45, 2.75) is 32.9 Å². The first-order valence-corrected chi connectivity index (χ1v) is 8.47. The van der Waals surface area contributed by atoms with E-state index in [-0.39, 0.29) is 5.91 Å². The lowest BCUT2D eigenvalue weighted by molar-refractivity contribution is -0.131. The van der Waals surface area contributed by atoms with Gasteiger partial charge in [-0.05, 0) is 47.5 Å². The Hall–Kier alpha value is -1.93. The number of halogens is 1. The first-order chi connectivity index (χ1) is 11.6. The van der Waals surface area contributed by atoms with Gasteiger partial charge in [0, 0.05) is 32.6 Å². The minimum Gasteiger partial charge on any atom is -0.448 e. The number of aryl methyl sites for hydroxylation is 2. The Morgan fingerprint density at radius 2 is 2.17 bits per heavy atom. The number of hydrogen-bond donors (Lipinski definition) is 0. The first-order valence-electron chi connectivity index (χ1n) is 8.09. The molecule has 3 rings (SSSR count). The number of carbonyl (C=O) groups excluding carboxylic acids is 1. The van der Waals surface area contributed by atoms with Crippen molar-refractivity contribution in [1.29, 1.82) is 0 Å². The van der Waals surface area contributed by atoms with Gasteiger partial charge in [-0.2, -0.15) is 0 Å². The van der Waals surface area contributed by atoms with Crippen molar-refractivity contribution in [3.8, 4) is 0 Å². The highest BCUT2D eigenvalue weighted by Crippen LogP contribution is 2.16. The summed E-state index contributed by atoms with van der Waals surface area (Å²) in [5, 5.41) is 11.7. The fourth-order valence-corrected chi connectivity index (χ4v) is 3.01. The molecule has 3 heterocycles. The second-order valence-electron chi connectivity index (χ2n) is 5.92. The van der Waals surface area contributed by atoms with Crippen molar-refractivity contribution in [3.05, 3.63) is 28.9 Å². The molecule has 2 aromatic rings. The van der Waals surface area contributed by atoms with Gasteiger partial charge in [0.1, 0.15) is 11.6 Å². The van der Waals surface area contributed by atoms with Crippen LogP contribution in [0.2, 0.25) is 5.22 Å². The molecule has 0 aliphatic carbocycles. The van der Waals surface area contributed by atoms with Gasteiger partial charge in [-0.25, -0.2) is 4.68 Å². The van der Waals surface area contributed by atoms with E-state index in [1.807, 2.05) is 17.9 Å². The summed E-state index contributed by atoms with van der Waals surface area (Å²) in [5.41, 5.74) is 0. The lowest BCUT2D eigenvalue weighted by atomic mass is 10.3. The maximum Gasteiger partial charge on any atom is 0.224 e. The maximum atomic E-state index is 12.4. The number of hydrogen-bond acceptors (Lipinski definition) is 6. The van der Waals surface area contributed by atoms with Crippen LogP contribution in [0, 0.1) is 6.92 Å². The third kappa shape index (κ3) is 4.33. The Morgan fingerprint density at radius 3 is 2.88 bits per heavy atom. The van der Waals surface area contributed by atoms with Crippen molar-refractivity contribution in [3.63, 3.8) is 0 Å². The molecule has 0 aromatic carbocycles. The van der Waals surface area contributed by atoms with Crippen LogP contribution in [0.3, 0.4) is 0 Å². The normalized spacial score (nSPS) is 16.3. The van der Waals surface area contributed by atoms with Crippen LogP contribution >= 0.6 is 11.6 Å². The molecule has 1 aliphatic heterocycles. The van der Waals surface area contributed by atoms with Crippen LogP contribution in [0.15, 0.2) is 16.5 Å². The molecule has 1 saturated heterocycles. The predicted molar refractivity (Wildman–Crippen MR) is 87.4 cm³/mol. The second kappa shape index (κ2) is 7.76. The standard InChI is InChI=1S/C15H21ClN6O2/c1-12-17-18-19-22(12)8-5-15(23)21-7-2-6-20(9-10-21)11-13-3-4-14(16)24-13/h3-4H,2,5-11H2,1H3. The molecule has 0 N–H and O–H groups in total. The molecule has 0 unspecified atom stereocenters. The average molecular weight is 353 g/mol. The summed E-state index contributed by atoms with van der Waals surface area (Å²) < 4.78 is 7.07. The molecule has 130 valence electrons. The predicted octanol–water partition coefficient (Wildman–Crippen LogP) is 1.35. The number of nitrogens with zero attached hydrogens (tertiary/aromatic N) is 6. The van der Waals surface area contributed by atoms with Gasteiger partial charge in [0.05, 0.1) is 13.1 Å². The highest BCUT2D eigenvalue weighted by atomic mass is 35.5. The maximum absolute atomic E-state index is 12.4. The van der Waals surface area contributed by atoms with Gasteiger partial charge in [-0.1, -0.05) is 0 Å². The van der Waals surface area contributed by atoms with E-state index in [2.05, 4.69) is 20.4 Å². The van der Waals surface area contributed by atoms with Crippen molar-refractivity contribution >= 4 is 17.5 Å². The van der Waals surface area contributed by atoms with Gasteiger partial charge in [0.15, 0.2) is 5.22 Å². The molecule has 9 heteroatoms. The number of furan rings is 1. The Labute approximate surface area is 145 Å². The molecule has 1 amide bonds. The first kappa shape index (κ1) is 16.9. The van der Waals surface area contributed by atoms with Crippen molar-refractivity contribution in [2.24, 2.45) is 0 Å². The van der Waals surface area contributed by atoms with E-state index < -0.39 is 0 Å². The van der Waals surface area contributed by atoms with Crippen molar-refractivity contribution < 1.29 is 9.21 Å². The molecule has 1 aliphatic rings. The smallest absolute Gasteiger partial charge is 0.224 e. The van der Waals surface area contributed by atoms with E-state index in [0.29, 0.717) is 18.2 Å². The van der Waals surface area contributed by atoms with E-state index in [1.165, 1.54) is 0 Å². The van der Waals surface area contributed by atoms with Gasteiger partial charge in [-0.3, -0.25) is 9.69 Å². The zero-order valence-electron chi connectivity index (χ0n) is 13.7. The zero-order chi connectivity index (χ0) is 16.9. The van der Waals surface area contributed by atoms with Crippen molar-refractivity contribution in [2.75, 3.05) is 26.2 Å². The Balaban J connectivity index is 1.47. The van der Waals surface area contributed by atoms with E-state index in [0.717, 1.165) is 50.7 Å². The molecule has 0 radical (unpaired) electrons. The van der Waals surface area contributed by atoms with Crippen LogP contribution in [0.25, 0.3) is 0 Å². The van der Waals surface area contributed by atoms with E-state index in [9.17, 15) is 4.79 Å². The monoisotopic (exact) mass is 352 g/mol. The van der Waals surface area contributed by atoms with E-state index in [1.54, 1.807) is 10.7 Å². The molecular weight excluding hydrogens is 332 g/mol. The Morgan fingerprint density at radius 1 is 1.29 bits per heavy atom. The molecule has 8 nitrogen and oxygen atoms in total. The molecule has 0 saturated carbocycles. The van der Waals surface area contributed by atoms with Gasteiger partial charge < -0.3 is 9.32 Å². The third-order valence-electron chi connectivity index (χ3n) is 4.20. The Kier molecular flexibility index (Phi) is 5.47. The van der Waals surface area contributed by atoms with Crippen LogP contribution in [0.5, 0.6) is 0 Å². The summed E-state index contributed by atoms with van der Waals surface area (Å²) >= 11 is 5.81. The summed E-state index contributed by atoms with van der Waals surface area (Å²) in [7, 11) is 0. The van der Waals surface area contributed by atoms with Gasteiger partial charge in [0.2, 0.25) is 5.91 Å². The summed E-state index contributed by atoms with van der Waals surface area (Å²) in [6.07, 6.45) is 1.36. The second-order valence-corrected chi connectivity index (χ2v) is 6.29. The lowest BCUT2D eigenvalue weighted by Crippen LogP contribution is -2.35. The minimum absolute atomic E-state index is 0.146. The van der Waals surface area contributed by atoms with Crippen molar-refractivity contribution in [1.82, 2.24) is 30.0 Å². The van der Waals surface area contributed by atoms with Crippen LogP contribution in [0.4, 0.5) is 0 Å². The van der Waals surface area contributed by atoms with Crippen LogP contribution in [0.1, 0.15) is 24.4 Å². The van der Waals surface area contributed by atoms with Crippen LogP contribution in [-0.4, -0.2) is 62.1 Å². The van der Waals surface area contributed by atoms with E-state index >= 15 is 0 Å². The zero-order valence-corrected chi connectivity index (χ0v) is 14.4. The lowest BCUT2D eigenvalue weighted by Gasteiger charge is -2.21. The number of amides is 1.